The summed E-state index contributed by atoms with van der Waals surface area (Å²) in [4.78, 5) is 0. The van der Waals surface area contributed by atoms with Gasteiger partial charge in [-0.25, -0.2) is 0 Å². The van der Waals surface area contributed by atoms with E-state index < -0.39 is 11.4 Å². The summed E-state index contributed by atoms with van der Waals surface area (Å²) in [6, 6.07) is 0. The van der Waals surface area contributed by atoms with Crippen LogP contribution in [0.5, 0.6) is 0 Å². The third-order valence-corrected chi connectivity index (χ3v) is 1.91. The van der Waals surface area contributed by atoms with E-state index in [1.54, 1.807) is 0 Å². The van der Waals surface area contributed by atoms with Crippen molar-refractivity contribution in [2.45, 2.75) is 25.9 Å². The Bertz CT molecular complexity index is 251. The van der Waals surface area contributed by atoms with E-state index in [4.69, 9.17) is 5.41 Å². The molecule has 0 aromatic carbocycles. The van der Waals surface area contributed by atoms with Gasteiger partial charge in [-0.05, 0) is 24.0 Å². The summed E-state index contributed by atoms with van der Waals surface area (Å²) >= 11 is 0. The van der Waals surface area contributed by atoms with E-state index in [9.17, 15) is 8.78 Å². The largest absolute Gasteiger partial charge is 0.299 e. The van der Waals surface area contributed by atoms with Gasteiger partial charge < -0.3 is 0 Å². The van der Waals surface area contributed by atoms with Crippen LogP contribution in [0.2, 0.25) is 0 Å². The van der Waals surface area contributed by atoms with Crippen LogP contribution in [0, 0.1) is 11.3 Å². The Balaban J connectivity index is 4.60. The van der Waals surface area contributed by atoms with Crippen molar-refractivity contribution < 1.29 is 8.78 Å². The third kappa shape index (κ3) is 5.23. The Labute approximate surface area is 86.0 Å². The summed E-state index contributed by atoms with van der Waals surface area (Å²) in [7, 11) is 1.35. The lowest BCUT2D eigenvalue weighted by atomic mass is 10.0. The topological polar surface area (TPSA) is 23.9 Å². The van der Waals surface area contributed by atoms with Crippen molar-refractivity contribution in [3.05, 3.63) is 24.3 Å². The van der Waals surface area contributed by atoms with Gasteiger partial charge in [-0.15, -0.1) is 0 Å². The van der Waals surface area contributed by atoms with Gasteiger partial charge in [-0.3, -0.25) is 5.41 Å². The normalized spacial score (nSPS) is 13.1. The van der Waals surface area contributed by atoms with E-state index in [0.717, 1.165) is 0 Å². The second kappa shape index (κ2) is 5.35. The predicted molar refractivity (Wildman–Crippen MR) is 60.1 cm³/mol. The maximum atomic E-state index is 12.6. The average molecular weight is 219 g/mol. The lowest BCUT2D eigenvalue weighted by molar-refractivity contribution is 0.184. The molecule has 1 atom stereocenters. The SMILES string of the molecule is C=C/C(=C\C(=N)C(F)(F)P)CC(C)C. The predicted octanol–water partition coefficient (Wildman–Crippen LogP) is 3.63. The van der Waals surface area contributed by atoms with Crippen molar-refractivity contribution >= 4 is 15.0 Å². The van der Waals surface area contributed by atoms with Gasteiger partial charge >= 0.3 is 0 Å². The Hall–Kier alpha value is -0.560. The molecule has 0 radical (unpaired) electrons. The maximum Gasteiger partial charge on any atom is 0.299 e. The Kier molecular flexibility index (Phi) is 5.14. The summed E-state index contributed by atoms with van der Waals surface area (Å²) in [6.07, 6.45) is 3.36. The van der Waals surface area contributed by atoms with Crippen LogP contribution in [-0.2, 0) is 0 Å². The minimum absolute atomic E-state index is 0.366. The second-order valence-electron chi connectivity index (χ2n) is 3.56. The molecule has 4 heteroatoms. The van der Waals surface area contributed by atoms with Crippen molar-refractivity contribution in [2.75, 3.05) is 0 Å². The lowest BCUT2D eigenvalue weighted by Gasteiger charge is -2.10. The Morgan fingerprint density at radius 2 is 2.07 bits per heavy atom. The molecule has 0 saturated carbocycles. The molecule has 1 unspecified atom stereocenters. The molecule has 0 aliphatic carbocycles. The van der Waals surface area contributed by atoms with Crippen molar-refractivity contribution in [1.29, 1.82) is 5.41 Å². The van der Waals surface area contributed by atoms with Gasteiger partial charge in [0.2, 0.25) is 0 Å². The van der Waals surface area contributed by atoms with Crippen molar-refractivity contribution in [3.8, 4) is 0 Å². The van der Waals surface area contributed by atoms with E-state index >= 15 is 0 Å². The minimum Gasteiger partial charge on any atom is -0.299 e. The highest BCUT2D eigenvalue weighted by atomic mass is 31.0. The van der Waals surface area contributed by atoms with Crippen LogP contribution in [-0.4, -0.2) is 11.4 Å². The number of hydrogen-bond donors (Lipinski definition) is 1. The standard InChI is InChI=1S/C10H16F2NP/c1-4-8(5-7(2)3)6-9(13)10(11,12)14/h4,6-7,13H,1,5,14H2,2-3H3/b8-6+,13-9?. The van der Waals surface area contributed by atoms with E-state index in [-0.39, 0.29) is 0 Å². The molecule has 14 heavy (non-hydrogen) atoms. The summed E-state index contributed by atoms with van der Waals surface area (Å²) in [6.45, 7) is 7.50. The maximum absolute atomic E-state index is 12.6. The Morgan fingerprint density at radius 1 is 1.57 bits per heavy atom. The van der Waals surface area contributed by atoms with Crippen LogP contribution in [0.3, 0.4) is 0 Å². The molecule has 1 N–H and O–H groups in total. The van der Waals surface area contributed by atoms with Crippen LogP contribution in [0.1, 0.15) is 20.3 Å². The fourth-order valence-corrected chi connectivity index (χ4v) is 1.04. The highest BCUT2D eigenvalue weighted by molar-refractivity contribution is 7.20. The fraction of sp³-hybridized carbons (Fsp3) is 0.500. The van der Waals surface area contributed by atoms with Crippen molar-refractivity contribution in [1.82, 2.24) is 0 Å². The fourth-order valence-electron chi connectivity index (χ4n) is 0.954. The van der Waals surface area contributed by atoms with E-state index in [0.29, 0.717) is 17.9 Å². The first-order valence-corrected chi connectivity index (χ1v) is 4.93. The van der Waals surface area contributed by atoms with Crippen LogP contribution in [0.25, 0.3) is 0 Å². The zero-order valence-corrected chi connectivity index (χ0v) is 9.63. The second-order valence-corrected chi connectivity index (χ2v) is 4.28. The van der Waals surface area contributed by atoms with Gasteiger partial charge in [-0.2, -0.15) is 8.78 Å². The number of allylic oxidation sites excluding steroid dienone is 3. The van der Waals surface area contributed by atoms with Gasteiger partial charge in [0.15, 0.2) is 0 Å². The molecule has 0 aromatic rings. The first-order chi connectivity index (χ1) is 6.27. The van der Waals surface area contributed by atoms with Crippen LogP contribution >= 0.6 is 9.24 Å². The summed E-state index contributed by atoms with van der Waals surface area (Å²) < 4.78 is 25.2. The van der Waals surface area contributed by atoms with Crippen LogP contribution in [0.4, 0.5) is 8.78 Å². The molecule has 0 fully saturated rings. The average Bonchev–Trinajstić information content (AvgIpc) is 2.00. The quantitative estimate of drug-likeness (QED) is 0.414. The molecule has 0 heterocycles. The minimum atomic E-state index is -3.15. The highest BCUT2D eigenvalue weighted by Gasteiger charge is 2.26. The zero-order valence-electron chi connectivity index (χ0n) is 8.48. The summed E-state index contributed by atoms with van der Waals surface area (Å²) in [5.74, 6) is 0.366. The van der Waals surface area contributed by atoms with E-state index in [1.807, 2.05) is 13.8 Å². The zero-order chi connectivity index (χ0) is 11.4. The molecule has 0 aliphatic rings. The first-order valence-electron chi connectivity index (χ1n) is 4.36. The number of nitrogens with one attached hydrogen (secondary N) is 1. The number of alkyl halides is 2. The molecular weight excluding hydrogens is 203 g/mol. The molecule has 1 nitrogen and oxygen atoms in total. The lowest BCUT2D eigenvalue weighted by Crippen LogP contribution is -2.17. The van der Waals surface area contributed by atoms with E-state index in [2.05, 4.69) is 6.58 Å². The van der Waals surface area contributed by atoms with Gasteiger partial charge in [0, 0.05) is 0 Å². The van der Waals surface area contributed by atoms with Crippen molar-refractivity contribution in [3.63, 3.8) is 0 Å². The molecule has 0 rings (SSSR count). The molecule has 0 spiro atoms. The first kappa shape index (κ1) is 13.4. The summed E-state index contributed by atoms with van der Waals surface area (Å²) in [5.41, 5.74) is -3.17. The molecule has 80 valence electrons. The van der Waals surface area contributed by atoms with Crippen molar-refractivity contribution in [2.24, 2.45) is 5.92 Å². The number of hydrogen-bond acceptors (Lipinski definition) is 1. The molecule has 0 bridgehead atoms. The molecular formula is C10H16F2NP. The smallest absolute Gasteiger partial charge is 0.299 e. The number of rotatable bonds is 5. The third-order valence-electron chi connectivity index (χ3n) is 1.59. The molecule has 0 saturated heterocycles. The van der Waals surface area contributed by atoms with Crippen LogP contribution < -0.4 is 0 Å². The molecule has 0 aliphatic heterocycles. The Morgan fingerprint density at radius 3 is 2.36 bits per heavy atom. The van der Waals surface area contributed by atoms with Gasteiger partial charge in [0.1, 0.15) is 5.71 Å². The van der Waals surface area contributed by atoms with E-state index in [1.165, 1.54) is 21.4 Å². The molecule has 0 amide bonds. The summed E-state index contributed by atoms with van der Waals surface area (Å²) in [5, 5.41) is 7.12. The van der Waals surface area contributed by atoms with Crippen LogP contribution in [0.15, 0.2) is 24.3 Å². The molecule has 0 aromatic heterocycles. The highest BCUT2D eigenvalue weighted by Crippen LogP contribution is 2.25. The monoisotopic (exact) mass is 219 g/mol. The van der Waals surface area contributed by atoms with Gasteiger partial charge in [-0.1, -0.05) is 35.7 Å². The van der Waals surface area contributed by atoms with Gasteiger partial charge in [0.25, 0.3) is 5.66 Å². The number of halogens is 2. The van der Waals surface area contributed by atoms with Gasteiger partial charge in [0.05, 0.1) is 0 Å².